The van der Waals surface area contributed by atoms with Gasteiger partial charge in [0.2, 0.25) is 0 Å². The Morgan fingerprint density at radius 2 is 1.81 bits per heavy atom. The Labute approximate surface area is 178 Å². The van der Waals surface area contributed by atoms with E-state index < -0.39 is 23.9 Å². The third kappa shape index (κ3) is 5.26. The molecule has 1 heterocycles. The van der Waals surface area contributed by atoms with Crippen molar-refractivity contribution in [1.29, 1.82) is 0 Å². The third-order valence-electron chi connectivity index (χ3n) is 4.54. The van der Waals surface area contributed by atoms with Gasteiger partial charge in [-0.05, 0) is 31.5 Å². The van der Waals surface area contributed by atoms with E-state index in [1.165, 1.54) is 22.9 Å². The average molecular weight is 426 g/mol. The molecule has 0 radical (unpaired) electrons. The summed E-state index contributed by atoms with van der Waals surface area (Å²) in [7, 11) is 0. The molecule has 0 aliphatic rings. The highest BCUT2D eigenvalue weighted by molar-refractivity contribution is 6.01. The van der Waals surface area contributed by atoms with Crippen molar-refractivity contribution in [2.45, 2.75) is 26.5 Å². The van der Waals surface area contributed by atoms with Crippen LogP contribution >= 0.6 is 0 Å². The minimum Gasteiger partial charge on any atom is -0.461 e. The Morgan fingerprint density at radius 3 is 2.48 bits per heavy atom. The van der Waals surface area contributed by atoms with E-state index in [0.717, 1.165) is 0 Å². The first-order valence-corrected chi connectivity index (χ1v) is 9.70. The van der Waals surface area contributed by atoms with Gasteiger partial charge in [0.25, 0.3) is 0 Å². The minimum atomic E-state index is -0.939. The quantitative estimate of drug-likeness (QED) is 0.497. The normalized spacial score (nSPS) is 11.6. The molecule has 8 nitrogen and oxygen atoms in total. The number of para-hydroxylation sites is 1. The van der Waals surface area contributed by atoms with Crippen LogP contribution in [0.5, 0.6) is 0 Å². The molecular formula is C22H23FN4O4. The molecule has 9 heteroatoms. The van der Waals surface area contributed by atoms with Crippen LogP contribution in [0.25, 0.3) is 0 Å². The number of carbonyl (C=O) groups excluding carboxylic acids is 2. The molecule has 1 unspecified atom stereocenters. The van der Waals surface area contributed by atoms with E-state index in [9.17, 15) is 19.1 Å². The van der Waals surface area contributed by atoms with Gasteiger partial charge in [0.1, 0.15) is 11.6 Å². The largest absolute Gasteiger partial charge is 0.461 e. The molecule has 0 saturated carbocycles. The maximum Gasteiger partial charge on any atom is 0.359 e. The summed E-state index contributed by atoms with van der Waals surface area (Å²) in [6.07, 6.45) is -0.939. The van der Waals surface area contributed by atoms with Gasteiger partial charge in [-0.3, -0.25) is 5.32 Å². The number of halogens is 1. The van der Waals surface area contributed by atoms with Crippen LogP contribution in [0.2, 0.25) is 0 Å². The molecule has 1 aromatic heterocycles. The number of hydrogen-bond acceptors (Lipinski definition) is 5. The van der Waals surface area contributed by atoms with Crippen molar-refractivity contribution in [3.8, 4) is 0 Å². The van der Waals surface area contributed by atoms with Gasteiger partial charge in [-0.15, -0.1) is 0 Å². The molecule has 31 heavy (non-hydrogen) atoms. The number of amides is 2. The minimum absolute atomic E-state index is 0.00125. The zero-order valence-electron chi connectivity index (χ0n) is 17.1. The lowest BCUT2D eigenvalue weighted by molar-refractivity contribution is 0.0516. The number of rotatable bonds is 7. The average Bonchev–Trinajstić information content (AvgIpc) is 3.06. The van der Waals surface area contributed by atoms with Crippen molar-refractivity contribution < 1.29 is 23.8 Å². The van der Waals surface area contributed by atoms with Gasteiger partial charge < -0.3 is 15.2 Å². The van der Waals surface area contributed by atoms with Crippen LogP contribution in [-0.2, 0) is 11.3 Å². The van der Waals surface area contributed by atoms with Gasteiger partial charge in [0.05, 0.1) is 24.9 Å². The lowest BCUT2D eigenvalue weighted by Crippen LogP contribution is -2.23. The Hall–Kier alpha value is -3.72. The second-order valence-corrected chi connectivity index (χ2v) is 6.71. The molecule has 0 saturated heterocycles. The predicted molar refractivity (Wildman–Crippen MR) is 113 cm³/mol. The van der Waals surface area contributed by atoms with E-state index in [1.807, 2.05) is 6.07 Å². The van der Waals surface area contributed by atoms with E-state index in [4.69, 9.17) is 4.74 Å². The highest BCUT2D eigenvalue weighted by Crippen LogP contribution is 2.24. The van der Waals surface area contributed by atoms with Crippen LogP contribution in [0.1, 0.15) is 34.6 Å². The van der Waals surface area contributed by atoms with Gasteiger partial charge in [-0.2, -0.15) is 5.10 Å². The first-order chi connectivity index (χ1) is 14.9. The third-order valence-corrected chi connectivity index (χ3v) is 4.54. The fourth-order valence-electron chi connectivity index (χ4n) is 3.00. The topological polar surface area (TPSA) is 105 Å². The number of hydrogen-bond donors (Lipinski definition) is 3. The Bertz CT molecular complexity index is 1070. The molecule has 3 N–H and O–H groups in total. The second kappa shape index (κ2) is 9.86. The first-order valence-electron chi connectivity index (χ1n) is 9.70. The summed E-state index contributed by atoms with van der Waals surface area (Å²) in [5, 5.41) is 19.8. The van der Waals surface area contributed by atoms with Gasteiger partial charge in [0.15, 0.2) is 5.69 Å². The predicted octanol–water partition coefficient (Wildman–Crippen LogP) is 3.88. The van der Waals surface area contributed by atoms with E-state index in [0.29, 0.717) is 11.1 Å². The van der Waals surface area contributed by atoms with Crippen molar-refractivity contribution in [2.24, 2.45) is 0 Å². The fourth-order valence-corrected chi connectivity index (χ4v) is 3.00. The second-order valence-electron chi connectivity index (χ2n) is 6.71. The number of nitrogens with one attached hydrogen (secondary N) is 2. The molecule has 3 rings (SSSR count). The molecule has 0 spiro atoms. The molecule has 1 atom stereocenters. The number of aromatic nitrogens is 2. The number of carbonyl (C=O) groups is 2. The summed E-state index contributed by atoms with van der Waals surface area (Å²) in [4.78, 5) is 24.8. The number of nitrogens with zero attached hydrogens (tertiary/aromatic N) is 2. The van der Waals surface area contributed by atoms with Crippen LogP contribution in [0.3, 0.4) is 0 Å². The summed E-state index contributed by atoms with van der Waals surface area (Å²) in [6, 6.07) is 13.9. The molecule has 0 bridgehead atoms. The molecule has 0 aliphatic carbocycles. The number of esters is 1. The zero-order valence-corrected chi connectivity index (χ0v) is 17.1. The lowest BCUT2D eigenvalue weighted by atomic mass is 10.1. The lowest BCUT2D eigenvalue weighted by Gasteiger charge is -2.15. The molecule has 0 fully saturated rings. The smallest absolute Gasteiger partial charge is 0.359 e. The summed E-state index contributed by atoms with van der Waals surface area (Å²) in [6.45, 7) is 3.40. The molecule has 3 aromatic rings. The molecule has 162 valence electrons. The Kier molecular flexibility index (Phi) is 6.99. The number of ether oxygens (including phenoxy) is 1. The van der Waals surface area contributed by atoms with Gasteiger partial charge in [-0.1, -0.05) is 42.5 Å². The van der Waals surface area contributed by atoms with Crippen molar-refractivity contribution in [3.05, 3.63) is 77.2 Å². The van der Waals surface area contributed by atoms with E-state index in [1.54, 1.807) is 44.2 Å². The maximum absolute atomic E-state index is 13.8. The Morgan fingerprint density at radius 1 is 1.13 bits per heavy atom. The summed E-state index contributed by atoms with van der Waals surface area (Å²) in [5.41, 5.74) is 1.03. The number of aliphatic hydroxyl groups is 1. The highest BCUT2D eigenvalue weighted by atomic mass is 19.1. The van der Waals surface area contributed by atoms with Crippen molar-refractivity contribution in [2.75, 3.05) is 17.2 Å². The first kappa shape index (κ1) is 22.0. The van der Waals surface area contributed by atoms with Crippen LogP contribution in [-0.4, -0.2) is 33.5 Å². The van der Waals surface area contributed by atoms with Gasteiger partial charge in [0, 0.05) is 5.56 Å². The summed E-state index contributed by atoms with van der Waals surface area (Å²) in [5.74, 6) is -1.05. The maximum atomic E-state index is 13.8. The van der Waals surface area contributed by atoms with Crippen LogP contribution < -0.4 is 10.6 Å². The molecule has 2 aromatic carbocycles. The van der Waals surface area contributed by atoms with Crippen LogP contribution in [0.4, 0.5) is 20.7 Å². The Balaban J connectivity index is 1.88. The number of aliphatic hydroxyl groups excluding tert-OH is 1. The van der Waals surface area contributed by atoms with Crippen molar-refractivity contribution in [3.63, 3.8) is 0 Å². The van der Waals surface area contributed by atoms with Crippen LogP contribution in [0, 0.1) is 12.7 Å². The van der Waals surface area contributed by atoms with Gasteiger partial charge in [-0.25, -0.2) is 18.7 Å². The zero-order chi connectivity index (χ0) is 22.4. The molecule has 2 amide bonds. The fraction of sp³-hybridized carbons (Fsp3) is 0.227. The molecular weight excluding hydrogens is 403 g/mol. The monoisotopic (exact) mass is 426 g/mol. The standard InChI is InChI=1S/C22H23FN4O4/c1-3-31-21(29)19-14(2)20(25-22(30)24-17-12-8-7-11-16(17)23)27(26-19)13-18(28)15-9-5-4-6-10-15/h4-12,18,28H,3,13H2,1-2H3,(H2,24,25,30). The van der Waals surface area contributed by atoms with Crippen molar-refractivity contribution in [1.82, 2.24) is 9.78 Å². The van der Waals surface area contributed by atoms with Crippen molar-refractivity contribution >= 4 is 23.5 Å². The van der Waals surface area contributed by atoms with E-state index in [-0.39, 0.29) is 30.4 Å². The van der Waals surface area contributed by atoms with Crippen LogP contribution in [0.15, 0.2) is 54.6 Å². The van der Waals surface area contributed by atoms with Gasteiger partial charge >= 0.3 is 12.0 Å². The highest BCUT2D eigenvalue weighted by Gasteiger charge is 2.24. The number of urea groups is 1. The number of anilines is 2. The van der Waals surface area contributed by atoms with E-state index >= 15 is 0 Å². The van der Waals surface area contributed by atoms with E-state index in [2.05, 4.69) is 15.7 Å². The summed E-state index contributed by atoms with van der Waals surface area (Å²) >= 11 is 0. The SMILES string of the molecule is CCOC(=O)c1nn(CC(O)c2ccccc2)c(NC(=O)Nc2ccccc2F)c1C. The molecule has 0 aliphatic heterocycles. The number of benzene rings is 2. The summed E-state index contributed by atoms with van der Waals surface area (Å²) < 4.78 is 20.2.